The lowest BCUT2D eigenvalue weighted by atomic mass is 9.95. The molecule has 1 fully saturated rings. The van der Waals surface area contributed by atoms with Gasteiger partial charge in [0.25, 0.3) is 0 Å². The molecule has 6 heteroatoms. The van der Waals surface area contributed by atoms with Gasteiger partial charge >= 0.3 is 6.09 Å². The van der Waals surface area contributed by atoms with Crippen LogP contribution in [0.1, 0.15) is 32.3 Å². The predicted molar refractivity (Wildman–Crippen MR) is 79.9 cm³/mol. The summed E-state index contributed by atoms with van der Waals surface area (Å²) in [6.07, 6.45) is -0.400. The van der Waals surface area contributed by atoms with Crippen LogP contribution >= 0.6 is 11.6 Å². The Hall–Kier alpha value is -1.33. The molecule has 1 aliphatic heterocycles. The standard InChI is InChI=1S/C15H20ClFN2O2/c1-15(2,3)21-14(20)19-7-12(13(18)8-19)9-4-10(16)6-11(17)5-9/h4-6,12-13H,7-8,18H2,1-3H3. The summed E-state index contributed by atoms with van der Waals surface area (Å²) in [5.41, 5.74) is 6.24. The smallest absolute Gasteiger partial charge is 0.410 e. The average molecular weight is 315 g/mol. The van der Waals surface area contributed by atoms with Crippen LogP contribution in [0.4, 0.5) is 9.18 Å². The minimum atomic E-state index is -0.554. The van der Waals surface area contributed by atoms with Crippen LogP contribution in [-0.2, 0) is 4.74 Å². The van der Waals surface area contributed by atoms with E-state index in [1.165, 1.54) is 12.1 Å². The van der Waals surface area contributed by atoms with Gasteiger partial charge in [0.05, 0.1) is 0 Å². The van der Waals surface area contributed by atoms with E-state index in [1.54, 1.807) is 11.0 Å². The Morgan fingerprint density at radius 1 is 1.38 bits per heavy atom. The number of nitrogens with zero attached hydrogens (tertiary/aromatic N) is 1. The predicted octanol–water partition coefficient (Wildman–Crippen LogP) is 3.14. The van der Waals surface area contributed by atoms with Crippen molar-refractivity contribution in [3.63, 3.8) is 0 Å². The normalized spacial score (nSPS) is 22.5. The maximum absolute atomic E-state index is 13.5. The van der Waals surface area contributed by atoms with Gasteiger partial charge in [-0.25, -0.2) is 9.18 Å². The summed E-state index contributed by atoms with van der Waals surface area (Å²) in [5, 5.41) is 0.327. The van der Waals surface area contributed by atoms with Crippen molar-refractivity contribution < 1.29 is 13.9 Å². The molecule has 2 rings (SSSR count). The SMILES string of the molecule is CC(C)(C)OC(=O)N1CC(N)C(c2cc(F)cc(Cl)c2)C1. The number of benzene rings is 1. The number of amides is 1. The molecule has 1 aromatic carbocycles. The number of hydrogen-bond donors (Lipinski definition) is 1. The molecule has 1 saturated heterocycles. The molecule has 0 spiro atoms. The van der Waals surface area contributed by atoms with Gasteiger partial charge in [-0.15, -0.1) is 0 Å². The summed E-state index contributed by atoms with van der Waals surface area (Å²) >= 11 is 5.88. The summed E-state index contributed by atoms with van der Waals surface area (Å²) in [6.45, 7) is 6.21. The van der Waals surface area contributed by atoms with Crippen molar-refractivity contribution >= 4 is 17.7 Å². The van der Waals surface area contributed by atoms with Crippen molar-refractivity contribution in [3.8, 4) is 0 Å². The minimum Gasteiger partial charge on any atom is -0.444 e. The molecule has 0 saturated carbocycles. The molecule has 1 aromatic rings. The third-order valence-electron chi connectivity index (χ3n) is 3.33. The van der Waals surface area contributed by atoms with Crippen LogP contribution in [0.2, 0.25) is 5.02 Å². The number of nitrogens with two attached hydrogens (primary N) is 1. The summed E-state index contributed by atoms with van der Waals surface area (Å²) in [7, 11) is 0. The second kappa shape index (κ2) is 5.81. The van der Waals surface area contributed by atoms with Crippen molar-refractivity contribution in [3.05, 3.63) is 34.6 Å². The lowest BCUT2D eigenvalue weighted by Gasteiger charge is -2.24. The highest BCUT2D eigenvalue weighted by molar-refractivity contribution is 6.30. The van der Waals surface area contributed by atoms with Gasteiger partial charge in [-0.3, -0.25) is 0 Å². The van der Waals surface area contributed by atoms with E-state index >= 15 is 0 Å². The van der Waals surface area contributed by atoms with Crippen LogP contribution in [0, 0.1) is 5.82 Å². The molecule has 1 heterocycles. The van der Waals surface area contributed by atoms with Crippen molar-refractivity contribution in [1.29, 1.82) is 0 Å². The zero-order valence-electron chi connectivity index (χ0n) is 12.4. The fourth-order valence-electron chi connectivity index (χ4n) is 2.45. The number of rotatable bonds is 1. The van der Waals surface area contributed by atoms with Crippen LogP contribution < -0.4 is 5.73 Å². The van der Waals surface area contributed by atoms with E-state index in [4.69, 9.17) is 22.1 Å². The molecule has 2 N–H and O–H groups in total. The molecule has 0 aromatic heterocycles. The Morgan fingerprint density at radius 2 is 2.05 bits per heavy atom. The zero-order valence-corrected chi connectivity index (χ0v) is 13.2. The van der Waals surface area contributed by atoms with Gasteiger partial charge in [0.2, 0.25) is 0 Å². The maximum Gasteiger partial charge on any atom is 0.410 e. The first kappa shape index (κ1) is 16.0. The van der Waals surface area contributed by atoms with Crippen LogP contribution in [0.25, 0.3) is 0 Å². The zero-order chi connectivity index (χ0) is 15.8. The largest absolute Gasteiger partial charge is 0.444 e. The van der Waals surface area contributed by atoms with Gasteiger partial charge in [-0.2, -0.15) is 0 Å². The molecule has 4 nitrogen and oxygen atoms in total. The number of likely N-dealkylation sites (tertiary alicyclic amines) is 1. The summed E-state index contributed by atoms with van der Waals surface area (Å²) in [4.78, 5) is 13.6. The first-order valence-electron chi connectivity index (χ1n) is 6.85. The van der Waals surface area contributed by atoms with Crippen LogP contribution in [0.15, 0.2) is 18.2 Å². The molecule has 1 aliphatic rings. The van der Waals surface area contributed by atoms with E-state index in [2.05, 4.69) is 0 Å². The van der Waals surface area contributed by atoms with Gasteiger partial charge in [-0.1, -0.05) is 11.6 Å². The van der Waals surface area contributed by atoms with E-state index in [9.17, 15) is 9.18 Å². The highest BCUT2D eigenvalue weighted by atomic mass is 35.5. The molecule has 21 heavy (non-hydrogen) atoms. The molecule has 0 bridgehead atoms. The second-order valence-corrected chi connectivity index (χ2v) is 6.79. The number of carbonyl (C=O) groups excluding carboxylic acids is 1. The summed E-state index contributed by atoms with van der Waals surface area (Å²) < 4.78 is 18.8. The van der Waals surface area contributed by atoms with Crippen molar-refractivity contribution in [2.24, 2.45) is 5.73 Å². The topological polar surface area (TPSA) is 55.6 Å². The molecule has 2 atom stereocenters. The third-order valence-corrected chi connectivity index (χ3v) is 3.55. The maximum atomic E-state index is 13.5. The Kier molecular flexibility index (Phi) is 4.44. The summed E-state index contributed by atoms with van der Waals surface area (Å²) in [6, 6.07) is 4.08. The minimum absolute atomic E-state index is 0.147. The van der Waals surface area contributed by atoms with E-state index < -0.39 is 17.5 Å². The van der Waals surface area contributed by atoms with Crippen LogP contribution in [0.5, 0.6) is 0 Å². The lowest BCUT2D eigenvalue weighted by molar-refractivity contribution is 0.0290. The van der Waals surface area contributed by atoms with Gasteiger partial charge < -0.3 is 15.4 Å². The second-order valence-electron chi connectivity index (χ2n) is 6.36. The Balaban J connectivity index is 2.12. The Bertz CT molecular complexity index is 525. The highest BCUT2D eigenvalue weighted by Gasteiger charge is 2.36. The van der Waals surface area contributed by atoms with E-state index in [0.29, 0.717) is 23.7 Å². The van der Waals surface area contributed by atoms with E-state index in [1.807, 2.05) is 20.8 Å². The van der Waals surface area contributed by atoms with Crippen molar-refractivity contribution in [1.82, 2.24) is 4.90 Å². The molecule has 116 valence electrons. The third kappa shape index (κ3) is 4.08. The number of halogens is 2. The fourth-order valence-corrected chi connectivity index (χ4v) is 2.68. The highest BCUT2D eigenvalue weighted by Crippen LogP contribution is 2.30. The lowest BCUT2D eigenvalue weighted by Crippen LogP contribution is -2.36. The monoisotopic (exact) mass is 314 g/mol. The van der Waals surface area contributed by atoms with Gasteiger partial charge in [0, 0.05) is 30.1 Å². The first-order chi connectivity index (χ1) is 9.65. The average Bonchev–Trinajstić information content (AvgIpc) is 2.68. The number of carbonyl (C=O) groups is 1. The quantitative estimate of drug-likeness (QED) is 0.866. The van der Waals surface area contributed by atoms with Gasteiger partial charge in [0.15, 0.2) is 0 Å². The van der Waals surface area contributed by atoms with Gasteiger partial charge in [-0.05, 0) is 44.5 Å². The summed E-state index contributed by atoms with van der Waals surface area (Å²) in [5.74, 6) is -0.550. The molecular formula is C15H20ClFN2O2. The van der Waals surface area contributed by atoms with E-state index in [0.717, 1.165) is 0 Å². The van der Waals surface area contributed by atoms with Crippen LogP contribution in [-0.4, -0.2) is 35.7 Å². The molecule has 2 unspecified atom stereocenters. The number of hydrogen-bond acceptors (Lipinski definition) is 3. The molecule has 1 amide bonds. The molecule has 0 aliphatic carbocycles. The number of ether oxygens (including phenoxy) is 1. The van der Waals surface area contributed by atoms with Gasteiger partial charge in [0.1, 0.15) is 11.4 Å². The van der Waals surface area contributed by atoms with Crippen LogP contribution in [0.3, 0.4) is 0 Å². The van der Waals surface area contributed by atoms with E-state index in [-0.39, 0.29) is 12.0 Å². The molecule has 0 radical (unpaired) electrons. The Morgan fingerprint density at radius 3 is 2.62 bits per heavy atom. The first-order valence-corrected chi connectivity index (χ1v) is 7.23. The fraction of sp³-hybridized carbons (Fsp3) is 0.533. The molecular weight excluding hydrogens is 295 g/mol. The van der Waals surface area contributed by atoms with Crippen molar-refractivity contribution in [2.45, 2.75) is 38.3 Å². The Labute approximate surface area is 129 Å². The van der Waals surface area contributed by atoms with Crippen molar-refractivity contribution in [2.75, 3.05) is 13.1 Å².